The molecule has 1 aliphatic heterocycles. The molecule has 2 heterocycles. The summed E-state index contributed by atoms with van der Waals surface area (Å²) in [6.45, 7) is 3.59. The zero-order valence-electron chi connectivity index (χ0n) is 19.5. The number of terminal acetylenes is 1. The first-order chi connectivity index (χ1) is 17.8. The second-order valence-electron chi connectivity index (χ2n) is 8.14. The Kier molecular flexibility index (Phi) is 8.45. The normalized spacial score (nSPS) is 14.2. The Morgan fingerprint density at radius 3 is 2.59 bits per heavy atom. The molecule has 1 aromatic heterocycles. The minimum atomic E-state index is -4.66. The van der Waals surface area contributed by atoms with Crippen molar-refractivity contribution in [1.29, 1.82) is 5.26 Å². The van der Waals surface area contributed by atoms with Crippen LogP contribution in [0.1, 0.15) is 16.7 Å². The lowest BCUT2D eigenvalue weighted by molar-refractivity contribution is -0.137. The van der Waals surface area contributed by atoms with Gasteiger partial charge < -0.3 is 9.64 Å². The van der Waals surface area contributed by atoms with Crippen molar-refractivity contribution in [1.82, 2.24) is 14.9 Å². The van der Waals surface area contributed by atoms with Gasteiger partial charge in [-0.1, -0.05) is 41.4 Å². The number of rotatable bonds is 7. The van der Waals surface area contributed by atoms with Gasteiger partial charge in [0.1, 0.15) is 6.61 Å². The summed E-state index contributed by atoms with van der Waals surface area (Å²) in [5, 5.41) is 9.64. The van der Waals surface area contributed by atoms with E-state index in [0.29, 0.717) is 35.5 Å². The number of halogens is 4. The van der Waals surface area contributed by atoms with Crippen LogP contribution in [-0.2, 0) is 12.8 Å². The highest BCUT2D eigenvalue weighted by Gasteiger charge is 2.34. The SMILES string of the molecule is C#CCN1CCN(c2ncc(Sc3ccc(C#N)c(C(F)(F)F)c3)c(OCc3cccc(Cl)c3)n2)CC1. The molecule has 37 heavy (non-hydrogen) atoms. The van der Waals surface area contributed by atoms with E-state index in [0.717, 1.165) is 42.5 Å². The molecule has 6 nitrogen and oxygen atoms in total. The molecule has 0 spiro atoms. The quantitative estimate of drug-likeness (QED) is 0.364. The van der Waals surface area contributed by atoms with Crippen LogP contribution < -0.4 is 9.64 Å². The van der Waals surface area contributed by atoms with Crippen molar-refractivity contribution in [2.24, 2.45) is 0 Å². The van der Waals surface area contributed by atoms with Crippen LogP contribution in [0.4, 0.5) is 19.1 Å². The van der Waals surface area contributed by atoms with Crippen LogP contribution in [0.3, 0.4) is 0 Å². The maximum atomic E-state index is 13.5. The van der Waals surface area contributed by atoms with Gasteiger partial charge in [-0.3, -0.25) is 4.90 Å². The molecular weight excluding hydrogens is 523 g/mol. The largest absolute Gasteiger partial charge is 0.472 e. The zero-order valence-corrected chi connectivity index (χ0v) is 21.1. The number of alkyl halides is 3. The maximum absolute atomic E-state index is 13.5. The molecule has 190 valence electrons. The van der Waals surface area contributed by atoms with Crippen LogP contribution in [-0.4, -0.2) is 47.6 Å². The number of benzene rings is 2. The van der Waals surface area contributed by atoms with Gasteiger partial charge in [-0.25, -0.2) is 4.98 Å². The molecule has 0 saturated carbocycles. The monoisotopic (exact) mass is 543 g/mol. The van der Waals surface area contributed by atoms with E-state index in [2.05, 4.69) is 20.8 Å². The molecule has 2 aromatic carbocycles. The molecule has 0 radical (unpaired) electrons. The van der Waals surface area contributed by atoms with Gasteiger partial charge in [0.2, 0.25) is 11.8 Å². The van der Waals surface area contributed by atoms with Crippen LogP contribution in [0.25, 0.3) is 0 Å². The molecule has 0 unspecified atom stereocenters. The van der Waals surface area contributed by atoms with Crippen LogP contribution in [0.5, 0.6) is 5.88 Å². The lowest BCUT2D eigenvalue weighted by atomic mass is 10.1. The van der Waals surface area contributed by atoms with E-state index in [-0.39, 0.29) is 17.4 Å². The minimum Gasteiger partial charge on any atom is -0.472 e. The summed E-state index contributed by atoms with van der Waals surface area (Å²) >= 11 is 7.11. The summed E-state index contributed by atoms with van der Waals surface area (Å²) < 4.78 is 46.4. The topological polar surface area (TPSA) is 65.3 Å². The van der Waals surface area contributed by atoms with Gasteiger partial charge in [-0.05, 0) is 35.9 Å². The van der Waals surface area contributed by atoms with E-state index in [9.17, 15) is 13.2 Å². The fourth-order valence-electron chi connectivity index (χ4n) is 3.73. The van der Waals surface area contributed by atoms with E-state index in [4.69, 9.17) is 28.0 Å². The van der Waals surface area contributed by atoms with Gasteiger partial charge >= 0.3 is 6.18 Å². The molecule has 0 aliphatic carbocycles. The molecule has 0 atom stereocenters. The summed E-state index contributed by atoms with van der Waals surface area (Å²) in [7, 11) is 0. The molecule has 0 N–H and O–H groups in total. The number of piperazine rings is 1. The standard InChI is InChI=1S/C26H21ClF3N5OS/c1-2-8-34-9-11-35(12-10-34)25-32-16-23(24(33-25)36-17-18-4-3-5-20(27)13-18)37-21-7-6-19(15-31)22(14-21)26(28,29)30/h1,3-7,13-14,16H,8-12,17H2. The highest BCUT2D eigenvalue weighted by molar-refractivity contribution is 7.99. The Balaban J connectivity index is 1.61. The third-order valence-electron chi connectivity index (χ3n) is 5.59. The predicted molar refractivity (Wildman–Crippen MR) is 136 cm³/mol. The van der Waals surface area contributed by atoms with E-state index in [1.165, 1.54) is 6.07 Å². The Labute approximate surface area is 222 Å². The summed E-state index contributed by atoms with van der Waals surface area (Å²) in [6, 6.07) is 12.3. The molecule has 1 saturated heterocycles. The Morgan fingerprint density at radius 1 is 1.14 bits per heavy atom. The van der Waals surface area contributed by atoms with Crippen LogP contribution in [0.2, 0.25) is 5.02 Å². The van der Waals surface area contributed by atoms with E-state index >= 15 is 0 Å². The Hall–Kier alpha value is -3.44. The Morgan fingerprint density at radius 2 is 1.92 bits per heavy atom. The van der Waals surface area contributed by atoms with Crippen molar-refractivity contribution in [2.45, 2.75) is 22.6 Å². The highest BCUT2D eigenvalue weighted by Crippen LogP contribution is 2.39. The fourth-order valence-corrected chi connectivity index (χ4v) is 4.81. The molecule has 1 aliphatic rings. The summed E-state index contributed by atoms with van der Waals surface area (Å²) in [6.07, 6.45) is 2.29. The van der Waals surface area contributed by atoms with Gasteiger partial charge in [0.25, 0.3) is 0 Å². The van der Waals surface area contributed by atoms with Gasteiger partial charge in [-0.15, -0.1) is 6.42 Å². The molecule has 11 heteroatoms. The number of ether oxygens (including phenoxy) is 1. The first-order valence-electron chi connectivity index (χ1n) is 11.2. The number of nitriles is 1. The van der Waals surface area contributed by atoms with Crippen molar-refractivity contribution in [3.63, 3.8) is 0 Å². The van der Waals surface area contributed by atoms with Crippen LogP contribution in [0.15, 0.2) is 58.5 Å². The average Bonchev–Trinajstić information content (AvgIpc) is 2.88. The molecule has 1 fully saturated rings. The first-order valence-corrected chi connectivity index (χ1v) is 12.4. The van der Waals surface area contributed by atoms with Crippen molar-refractivity contribution in [2.75, 3.05) is 37.6 Å². The van der Waals surface area contributed by atoms with Gasteiger partial charge in [-0.2, -0.15) is 23.4 Å². The van der Waals surface area contributed by atoms with Crippen molar-refractivity contribution >= 4 is 29.3 Å². The van der Waals surface area contributed by atoms with Gasteiger partial charge in [0, 0.05) is 36.1 Å². The van der Waals surface area contributed by atoms with Crippen molar-refractivity contribution in [3.05, 3.63) is 70.4 Å². The number of hydrogen-bond donors (Lipinski definition) is 0. The first kappa shape index (κ1) is 26.6. The van der Waals surface area contributed by atoms with Crippen LogP contribution in [0, 0.1) is 23.7 Å². The average molecular weight is 544 g/mol. The third kappa shape index (κ3) is 6.86. The van der Waals surface area contributed by atoms with E-state index in [1.807, 2.05) is 11.0 Å². The lowest BCUT2D eigenvalue weighted by Crippen LogP contribution is -2.47. The smallest absolute Gasteiger partial charge is 0.417 e. The molecule has 3 aromatic rings. The zero-order chi connectivity index (χ0) is 26.4. The van der Waals surface area contributed by atoms with E-state index < -0.39 is 17.3 Å². The van der Waals surface area contributed by atoms with Crippen LogP contribution >= 0.6 is 23.4 Å². The second kappa shape index (κ2) is 11.7. The molecule has 0 amide bonds. The summed E-state index contributed by atoms with van der Waals surface area (Å²) in [5.74, 6) is 3.34. The van der Waals surface area contributed by atoms with Crippen molar-refractivity contribution < 1.29 is 17.9 Å². The third-order valence-corrected chi connectivity index (χ3v) is 6.81. The maximum Gasteiger partial charge on any atom is 0.417 e. The predicted octanol–water partition coefficient (Wildman–Crippen LogP) is 5.51. The summed E-state index contributed by atoms with van der Waals surface area (Å²) in [5.41, 5.74) is -0.627. The number of aromatic nitrogens is 2. The lowest BCUT2D eigenvalue weighted by Gasteiger charge is -2.33. The second-order valence-corrected chi connectivity index (χ2v) is 9.70. The number of hydrogen-bond acceptors (Lipinski definition) is 7. The fraction of sp³-hybridized carbons (Fsp3) is 0.269. The van der Waals surface area contributed by atoms with E-state index in [1.54, 1.807) is 30.5 Å². The number of nitrogens with zero attached hydrogens (tertiary/aromatic N) is 5. The molecule has 0 bridgehead atoms. The van der Waals surface area contributed by atoms with Gasteiger partial charge in [0.15, 0.2) is 0 Å². The van der Waals surface area contributed by atoms with Crippen molar-refractivity contribution in [3.8, 4) is 24.3 Å². The Bertz CT molecular complexity index is 1350. The van der Waals surface area contributed by atoms with Gasteiger partial charge in [0.05, 0.1) is 34.8 Å². The number of anilines is 1. The molecular formula is C26H21ClF3N5OS. The minimum absolute atomic E-state index is 0.154. The molecule has 4 rings (SSSR count). The summed E-state index contributed by atoms with van der Waals surface area (Å²) in [4.78, 5) is 14.0. The highest BCUT2D eigenvalue weighted by atomic mass is 35.5.